The van der Waals surface area contributed by atoms with E-state index in [0.717, 1.165) is 0 Å². The minimum absolute atomic E-state index is 0.00580. The number of carbonyl (C=O) groups is 1. The monoisotopic (exact) mass is 203 g/mol. The Morgan fingerprint density at radius 1 is 1.21 bits per heavy atom. The number of hydrogen-bond acceptors (Lipinski definition) is 4. The van der Waals surface area contributed by atoms with Crippen LogP contribution in [0.4, 0.5) is 0 Å². The molecule has 0 saturated carbocycles. The second-order valence-electron chi connectivity index (χ2n) is 3.74. The largest absolute Gasteiger partial charge is 0.461 e. The summed E-state index contributed by atoms with van der Waals surface area (Å²) in [5.41, 5.74) is 5.39. The third-order valence-corrected chi connectivity index (χ3v) is 1.48. The molecule has 4 heteroatoms. The van der Waals surface area contributed by atoms with Gasteiger partial charge in [0.2, 0.25) is 0 Å². The van der Waals surface area contributed by atoms with Crippen molar-refractivity contribution in [1.29, 1.82) is 0 Å². The van der Waals surface area contributed by atoms with E-state index in [9.17, 15) is 4.79 Å². The topological polar surface area (TPSA) is 61.5 Å². The Morgan fingerprint density at radius 2 is 1.79 bits per heavy atom. The van der Waals surface area contributed by atoms with Crippen LogP contribution < -0.4 is 5.73 Å². The van der Waals surface area contributed by atoms with Crippen molar-refractivity contribution in [2.24, 2.45) is 5.73 Å². The minimum Gasteiger partial charge on any atom is -0.461 e. The third-order valence-electron chi connectivity index (χ3n) is 1.48. The lowest BCUT2D eigenvalue weighted by Crippen LogP contribution is -2.32. The maximum absolute atomic E-state index is 11.5. The van der Waals surface area contributed by atoms with E-state index in [-0.39, 0.29) is 18.2 Å². The van der Waals surface area contributed by atoms with Crippen molar-refractivity contribution in [1.82, 2.24) is 0 Å². The van der Waals surface area contributed by atoms with Crippen LogP contribution >= 0.6 is 0 Å². The summed E-state index contributed by atoms with van der Waals surface area (Å²) in [6.45, 7) is 7.81. The highest BCUT2D eigenvalue weighted by atomic mass is 16.6. The van der Waals surface area contributed by atoms with Crippen LogP contribution in [0.15, 0.2) is 0 Å². The van der Waals surface area contributed by atoms with E-state index in [2.05, 4.69) is 0 Å². The van der Waals surface area contributed by atoms with Crippen LogP contribution in [0.2, 0.25) is 0 Å². The number of esters is 1. The Labute approximate surface area is 85.8 Å². The Bertz CT molecular complexity index is 169. The van der Waals surface area contributed by atoms with E-state index >= 15 is 0 Å². The molecule has 0 amide bonds. The quantitative estimate of drug-likeness (QED) is 0.656. The molecule has 0 radical (unpaired) electrons. The molecular weight excluding hydrogens is 182 g/mol. The van der Waals surface area contributed by atoms with Gasteiger partial charge in [-0.15, -0.1) is 0 Å². The van der Waals surface area contributed by atoms with Crippen molar-refractivity contribution in [2.75, 3.05) is 6.54 Å². The highest BCUT2D eigenvalue weighted by molar-refractivity contribution is 5.74. The number of hydrogen-bond donors (Lipinski definition) is 1. The van der Waals surface area contributed by atoms with Crippen LogP contribution in [-0.2, 0) is 14.3 Å². The molecule has 0 fully saturated rings. The lowest BCUT2D eigenvalue weighted by atomic mass is 10.2. The van der Waals surface area contributed by atoms with Crippen molar-refractivity contribution in [3.8, 4) is 0 Å². The van der Waals surface area contributed by atoms with E-state index in [1.54, 1.807) is 0 Å². The second kappa shape index (κ2) is 6.79. The molecule has 0 aliphatic rings. The molecule has 14 heavy (non-hydrogen) atoms. The Morgan fingerprint density at radius 3 is 2.14 bits per heavy atom. The normalized spacial score (nSPS) is 13.4. The standard InChI is InChI=1S/C10H21NO3/c1-7(2)13-9(5-6-11)10(12)14-8(3)4/h7-9H,5-6,11H2,1-4H3. The van der Waals surface area contributed by atoms with E-state index in [1.807, 2.05) is 27.7 Å². The lowest BCUT2D eigenvalue weighted by Gasteiger charge is -2.19. The zero-order valence-electron chi connectivity index (χ0n) is 9.45. The summed E-state index contributed by atoms with van der Waals surface area (Å²) >= 11 is 0. The first-order valence-electron chi connectivity index (χ1n) is 5.03. The fourth-order valence-electron chi connectivity index (χ4n) is 1.03. The Hall–Kier alpha value is -0.610. The van der Waals surface area contributed by atoms with Gasteiger partial charge >= 0.3 is 5.97 Å². The van der Waals surface area contributed by atoms with Gasteiger partial charge < -0.3 is 15.2 Å². The molecule has 0 spiro atoms. The molecule has 0 bridgehead atoms. The smallest absolute Gasteiger partial charge is 0.335 e. The van der Waals surface area contributed by atoms with Gasteiger partial charge in [0.25, 0.3) is 0 Å². The maximum atomic E-state index is 11.5. The summed E-state index contributed by atoms with van der Waals surface area (Å²) in [4.78, 5) is 11.5. The molecule has 2 N–H and O–H groups in total. The van der Waals surface area contributed by atoms with Crippen LogP contribution in [0.25, 0.3) is 0 Å². The van der Waals surface area contributed by atoms with Crippen molar-refractivity contribution >= 4 is 5.97 Å². The van der Waals surface area contributed by atoms with E-state index in [4.69, 9.17) is 15.2 Å². The molecule has 1 atom stereocenters. The van der Waals surface area contributed by atoms with Gasteiger partial charge in [-0.25, -0.2) is 4.79 Å². The van der Waals surface area contributed by atoms with E-state index in [1.165, 1.54) is 0 Å². The molecule has 0 rings (SSSR count). The van der Waals surface area contributed by atoms with Gasteiger partial charge in [0.1, 0.15) is 0 Å². The van der Waals surface area contributed by atoms with Gasteiger partial charge in [-0.05, 0) is 40.7 Å². The summed E-state index contributed by atoms with van der Waals surface area (Å²) in [6.07, 6.45) is -0.129. The zero-order chi connectivity index (χ0) is 11.1. The fraction of sp³-hybridized carbons (Fsp3) is 0.900. The van der Waals surface area contributed by atoms with Crippen molar-refractivity contribution in [3.63, 3.8) is 0 Å². The zero-order valence-corrected chi connectivity index (χ0v) is 9.45. The van der Waals surface area contributed by atoms with Crippen LogP contribution in [-0.4, -0.2) is 30.8 Å². The second-order valence-corrected chi connectivity index (χ2v) is 3.74. The lowest BCUT2D eigenvalue weighted by molar-refractivity contribution is -0.164. The predicted octanol–water partition coefficient (Wildman–Crippen LogP) is 1.08. The van der Waals surface area contributed by atoms with Crippen LogP contribution in [0.3, 0.4) is 0 Å². The predicted molar refractivity (Wildman–Crippen MR) is 54.9 cm³/mol. The molecule has 0 aromatic heterocycles. The first-order valence-corrected chi connectivity index (χ1v) is 5.03. The molecule has 0 aliphatic carbocycles. The Balaban J connectivity index is 4.10. The van der Waals surface area contributed by atoms with Gasteiger partial charge in [-0.1, -0.05) is 0 Å². The summed E-state index contributed by atoms with van der Waals surface area (Å²) in [7, 11) is 0. The third kappa shape index (κ3) is 5.94. The highest BCUT2D eigenvalue weighted by Gasteiger charge is 2.21. The molecular formula is C10H21NO3. The number of carbonyl (C=O) groups excluding carboxylic acids is 1. The SMILES string of the molecule is CC(C)OC(=O)C(CCN)OC(C)C. The molecule has 1 unspecified atom stereocenters. The van der Waals surface area contributed by atoms with Crippen molar-refractivity contribution < 1.29 is 14.3 Å². The van der Waals surface area contributed by atoms with E-state index in [0.29, 0.717) is 13.0 Å². The summed E-state index contributed by atoms with van der Waals surface area (Å²) in [6, 6.07) is 0. The first kappa shape index (κ1) is 13.4. The number of rotatable bonds is 6. The first-order chi connectivity index (χ1) is 6.47. The molecule has 0 aromatic rings. The maximum Gasteiger partial charge on any atom is 0.335 e. The molecule has 0 aliphatic heterocycles. The Kier molecular flexibility index (Phi) is 6.49. The molecule has 0 saturated heterocycles. The summed E-state index contributed by atoms with van der Waals surface area (Å²) < 4.78 is 10.4. The van der Waals surface area contributed by atoms with Crippen molar-refractivity contribution in [3.05, 3.63) is 0 Å². The van der Waals surface area contributed by atoms with Crippen LogP contribution in [0.5, 0.6) is 0 Å². The van der Waals surface area contributed by atoms with Crippen LogP contribution in [0.1, 0.15) is 34.1 Å². The average molecular weight is 203 g/mol. The van der Waals surface area contributed by atoms with Crippen LogP contribution in [0, 0.1) is 0 Å². The summed E-state index contributed by atoms with van der Waals surface area (Å²) in [5.74, 6) is -0.320. The number of nitrogens with two attached hydrogens (primary N) is 1. The van der Waals surface area contributed by atoms with Gasteiger partial charge in [-0.3, -0.25) is 0 Å². The van der Waals surface area contributed by atoms with Gasteiger partial charge in [0.05, 0.1) is 12.2 Å². The summed E-state index contributed by atoms with van der Waals surface area (Å²) in [5, 5.41) is 0. The average Bonchev–Trinajstić information content (AvgIpc) is 2.01. The molecule has 0 aromatic carbocycles. The fourth-order valence-corrected chi connectivity index (χ4v) is 1.03. The van der Waals surface area contributed by atoms with Gasteiger partial charge in [0, 0.05) is 0 Å². The molecule has 4 nitrogen and oxygen atoms in total. The minimum atomic E-state index is -0.526. The van der Waals surface area contributed by atoms with Gasteiger partial charge in [-0.2, -0.15) is 0 Å². The van der Waals surface area contributed by atoms with Gasteiger partial charge in [0.15, 0.2) is 6.10 Å². The van der Waals surface area contributed by atoms with Crippen molar-refractivity contribution in [2.45, 2.75) is 52.4 Å². The number of ether oxygens (including phenoxy) is 2. The van der Waals surface area contributed by atoms with E-state index < -0.39 is 6.10 Å². The molecule has 84 valence electrons. The highest BCUT2D eigenvalue weighted by Crippen LogP contribution is 2.06. The molecule has 0 heterocycles.